The molecule has 0 bridgehead atoms. The molecule has 0 unspecified atom stereocenters. The summed E-state index contributed by atoms with van der Waals surface area (Å²) in [6.07, 6.45) is 0. The first kappa shape index (κ1) is 8.74. The molecule has 0 aliphatic rings. The molecule has 3 heteroatoms. The summed E-state index contributed by atoms with van der Waals surface area (Å²) >= 11 is 0. The zero-order valence-corrected chi connectivity index (χ0v) is 9.21. The smallest absolute Gasteiger partial charge is 0.0547 e. The molecule has 0 aliphatic heterocycles. The Morgan fingerprint density at radius 3 is 1.44 bits per heavy atom. The second kappa shape index (κ2) is 3.71. The van der Waals surface area contributed by atoms with Crippen molar-refractivity contribution in [2.45, 2.75) is 0 Å². The number of benzene rings is 1. The summed E-state index contributed by atoms with van der Waals surface area (Å²) in [6, 6.07) is 7.25. The zero-order chi connectivity index (χ0) is 5.98. The van der Waals surface area contributed by atoms with E-state index in [9.17, 15) is 0 Å². The van der Waals surface area contributed by atoms with E-state index in [-0.39, 0.29) is 27.3 Å². The van der Waals surface area contributed by atoms with Gasteiger partial charge in [-0.1, -0.05) is 12.1 Å². The third-order valence-corrected chi connectivity index (χ3v) is 0.996. The van der Waals surface area contributed by atoms with Crippen LogP contribution in [0.3, 0.4) is 0 Å². The van der Waals surface area contributed by atoms with Crippen molar-refractivity contribution in [2.75, 3.05) is 11.5 Å². The first-order valence-electron chi connectivity index (χ1n) is 2.40. The molecule has 2 nitrogen and oxygen atoms in total. The van der Waals surface area contributed by atoms with E-state index in [1.54, 1.807) is 12.1 Å². The van der Waals surface area contributed by atoms with Crippen molar-refractivity contribution in [1.82, 2.24) is 0 Å². The Morgan fingerprint density at radius 1 is 0.889 bits per heavy atom. The number of hydrogen-bond donors (Lipinski definition) is 2. The van der Waals surface area contributed by atoms with E-state index in [1.165, 1.54) is 0 Å². The Balaban J connectivity index is 0.000000640. The molecular formula is C6H8CdN2. The number of nitrogen functional groups attached to an aromatic ring is 2. The van der Waals surface area contributed by atoms with Crippen molar-refractivity contribution >= 4 is 11.4 Å². The quantitative estimate of drug-likeness (QED) is 0.503. The van der Waals surface area contributed by atoms with Gasteiger partial charge in [0.2, 0.25) is 0 Å². The second-order valence-corrected chi connectivity index (χ2v) is 1.63. The van der Waals surface area contributed by atoms with Gasteiger partial charge in [-0.05, 0) is 12.1 Å². The van der Waals surface area contributed by atoms with Crippen molar-refractivity contribution < 1.29 is 27.3 Å². The maximum absolute atomic E-state index is 5.39. The van der Waals surface area contributed by atoms with Crippen molar-refractivity contribution in [3.05, 3.63) is 24.3 Å². The van der Waals surface area contributed by atoms with Crippen LogP contribution in [0.4, 0.5) is 11.4 Å². The SMILES string of the molecule is Nc1ccccc1N.[Cd]. The molecule has 44 valence electrons. The van der Waals surface area contributed by atoms with Gasteiger partial charge in [0, 0.05) is 27.3 Å². The van der Waals surface area contributed by atoms with Crippen molar-refractivity contribution in [3.8, 4) is 0 Å². The van der Waals surface area contributed by atoms with Crippen molar-refractivity contribution in [2.24, 2.45) is 0 Å². The molecule has 0 spiro atoms. The molecule has 1 aromatic carbocycles. The van der Waals surface area contributed by atoms with Crippen LogP contribution in [-0.4, -0.2) is 0 Å². The molecule has 0 fully saturated rings. The van der Waals surface area contributed by atoms with Gasteiger partial charge in [-0.2, -0.15) is 0 Å². The molecule has 0 saturated carbocycles. The maximum atomic E-state index is 5.39. The third kappa shape index (κ3) is 2.21. The van der Waals surface area contributed by atoms with Gasteiger partial charge in [-0.25, -0.2) is 0 Å². The summed E-state index contributed by atoms with van der Waals surface area (Å²) in [5.41, 5.74) is 12.1. The average Bonchev–Trinajstić information content (AvgIpc) is 1.77. The molecule has 9 heavy (non-hydrogen) atoms. The Bertz CT molecular complexity index is 167. The molecule has 0 radical (unpaired) electrons. The van der Waals surface area contributed by atoms with Crippen LogP contribution < -0.4 is 11.5 Å². The number of anilines is 2. The van der Waals surface area contributed by atoms with E-state index in [0.29, 0.717) is 11.4 Å². The van der Waals surface area contributed by atoms with Gasteiger partial charge in [0.15, 0.2) is 0 Å². The fraction of sp³-hybridized carbons (Fsp3) is 0. The van der Waals surface area contributed by atoms with E-state index in [0.717, 1.165) is 0 Å². The summed E-state index contributed by atoms with van der Waals surface area (Å²) in [7, 11) is 0. The molecule has 0 aliphatic carbocycles. The van der Waals surface area contributed by atoms with E-state index in [2.05, 4.69) is 0 Å². The number of rotatable bonds is 0. The van der Waals surface area contributed by atoms with Crippen LogP contribution in [0.5, 0.6) is 0 Å². The van der Waals surface area contributed by atoms with Gasteiger partial charge in [-0.15, -0.1) is 0 Å². The minimum atomic E-state index is 0. The molecular weight excluding hydrogens is 212 g/mol. The first-order chi connectivity index (χ1) is 3.80. The topological polar surface area (TPSA) is 52.0 Å². The van der Waals surface area contributed by atoms with Gasteiger partial charge in [0.05, 0.1) is 11.4 Å². The zero-order valence-electron chi connectivity index (χ0n) is 5.17. The molecule has 0 amide bonds. The Morgan fingerprint density at radius 2 is 1.22 bits per heavy atom. The van der Waals surface area contributed by atoms with Gasteiger partial charge in [0.25, 0.3) is 0 Å². The maximum Gasteiger partial charge on any atom is 0.0547 e. The van der Waals surface area contributed by atoms with Crippen LogP contribution in [0.2, 0.25) is 0 Å². The van der Waals surface area contributed by atoms with Crippen LogP contribution in [0.1, 0.15) is 0 Å². The molecule has 0 aromatic heterocycles. The predicted octanol–water partition coefficient (Wildman–Crippen LogP) is 0.849. The van der Waals surface area contributed by atoms with Crippen molar-refractivity contribution in [1.29, 1.82) is 0 Å². The summed E-state index contributed by atoms with van der Waals surface area (Å²) in [4.78, 5) is 0. The van der Waals surface area contributed by atoms with Gasteiger partial charge in [-0.3, -0.25) is 0 Å². The summed E-state index contributed by atoms with van der Waals surface area (Å²) in [5.74, 6) is 0. The Hall–Kier alpha value is -0.258. The van der Waals surface area contributed by atoms with E-state index in [4.69, 9.17) is 11.5 Å². The van der Waals surface area contributed by atoms with E-state index in [1.807, 2.05) is 12.1 Å². The standard InChI is InChI=1S/C6H8N2.Cd/c7-5-3-1-2-4-6(5)8;/h1-4H,7-8H2;. The van der Waals surface area contributed by atoms with Gasteiger partial charge < -0.3 is 11.5 Å². The van der Waals surface area contributed by atoms with E-state index >= 15 is 0 Å². The minimum Gasteiger partial charge on any atom is -0.397 e. The summed E-state index contributed by atoms with van der Waals surface area (Å²) in [5, 5.41) is 0. The molecule has 0 atom stereocenters. The molecule has 1 rings (SSSR count). The molecule has 0 saturated heterocycles. The van der Waals surface area contributed by atoms with Gasteiger partial charge >= 0.3 is 0 Å². The van der Waals surface area contributed by atoms with Gasteiger partial charge in [0.1, 0.15) is 0 Å². The third-order valence-electron chi connectivity index (χ3n) is 0.996. The number of hydrogen-bond acceptors (Lipinski definition) is 2. The fourth-order valence-corrected chi connectivity index (χ4v) is 0.511. The predicted molar refractivity (Wildman–Crippen MR) is 35.3 cm³/mol. The minimum absolute atomic E-state index is 0. The van der Waals surface area contributed by atoms with Crippen molar-refractivity contribution in [3.63, 3.8) is 0 Å². The van der Waals surface area contributed by atoms with Crippen LogP contribution in [0.15, 0.2) is 24.3 Å². The van der Waals surface area contributed by atoms with Crippen LogP contribution >= 0.6 is 0 Å². The monoisotopic (exact) mass is 222 g/mol. The number of para-hydroxylation sites is 2. The van der Waals surface area contributed by atoms with Crippen LogP contribution in [-0.2, 0) is 27.3 Å². The Kier molecular flexibility index (Phi) is 3.60. The molecule has 1 aromatic rings. The summed E-state index contributed by atoms with van der Waals surface area (Å²) in [6.45, 7) is 0. The van der Waals surface area contributed by atoms with E-state index < -0.39 is 0 Å². The second-order valence-electron chi connectivity index (χ2n) is 1.63. The Labute approximate surface area is 74.4 Å². The number of nitrogens with two attached hydrogens (primary N) is 2. The average molecular weight is 221 g/mol. The fourth-order valence-electron chi connectivity index (χ4n) is 0.511. The summed E-state index contributed by atoms with van der Waals surface area (Å²) < 4.78 is 0. The molecule has 0 heterocycles. The largest absolute Gasteiger partial charge is 0.397 e. The normalized spacial score (nSPS) is 8.00. The first-order valence-corrected chi connectivity index (χ1v) is 2.40. The van der Waals surface area contributed by atoms with Crippen LogP contribution in [0.25, 0.3) is 0 Å². The molecule has 4 N–H and O–H groups in total. The van der Waals surface area contributed by atoms with Crippen LogP contribution in [0, 0.1) is 0 Å².